The first-order valence-corrected chi connectivity index (χ1v) is 7.70. The Balaban J connectivity index is 1.98. The molecule has 3 heterocycles. The van der Waals surface area contributed by atoms with E-state index in [0.29, 0.717) is 6.04 Å². The molecule has 1 aliphatic heterocycles. The van der Waals surface area contributed by atoms with Crippen LogP contribution in [0.25, 0.3) is 9.88 Å². The van der Waals surface area contributed by atoms with Crippen LogP contribution in [0.3, 0.4) is 0 Å². The number of hydrogen-bond donors (Lipinski definition) is 1. The fourth-order valence-corrected chi connectivity index (χ4v) is 4.59. The van der Waals surface area contributed by atoms with Gasteiger partial charge in [0.25, 0.3) is 0 Å². The topological polar surface area (TPSA) is 24.9 Å². The molecular formula is C13H16N2S2. The molecule has 1 unspecified atom stereocenters. The molecule has 90 valence electrons. The number of aromatic nitrogens is 1. The van der Waals surface area contributed by atoms with E-state index in [1.807, 2.05) is 11.3 Å². The Morgan fingerprint density at radius 2 is 2.29 bits per heavy atom. The van der Waals surface area contributed by atoms with Gasteiger partial charge in [-0.2, -0.15) is 0 Å². The zero-order valence-electron chi connectivity index (χ0n) is 10.1. The third kappa shape index (κ3) is 2.05. The van der Waals surface area contributed by atoms with E-state index in [0.717, 1.165) is 6.54 Å². The van der Waals surface area contributed by atoms with Crippen LogP contribution in [0.5, 0.6) is 0 Å². The fourth-order valence-electron chi connectivity index (χ4n) is 2.33. The van der Waals surface area contributed by atoms with Gasteiger partial charge in [0, 0.05) is 10.9 Å². The van der Waals surface area contributed by atoms with E-state index in [1.165, 1.54) is 38.9 Å². The summed E-state index contributed by atoms with van der Waals surface area (Å²) in [5.41, 5.74) is 2.55. The van der Waals surface area contributed by atoms with Crippen LogP contribution in [0.2, 0.25) is 0 Å². The Morgan fingerprint density at radius 1 is 1.41 bits per heavy atom. The van der Waals surface area contributed by atoms with Gasteiger partial charge in [-0.1, -0.05) is 0 Å². The molecule has 0 bridgehead atoms. The highest BCUT2D eigenvalue weighted by Gasteiger charge is 2.22. The monoisotopic (exact) mass is 264 g/mol. The first kappa shape index (κ1) is 11.4. The average molecular weight is 264 g/mol. The largest absolute Gasteiger partial charge is 0.309 e. The summed E-state index contributed by atoms with van der Waals surface area (Å²) in [5, 5.41) is 6.90. The standard InChI is InChI=1S/C13H16N2S2/c1-8-5-7-16-11(8)13-15-9(2)12(17-13)10-4-3-6-14-10/h5,7,10,14H,3-4,6H2,1-2H3. The Kier molecular flexibility index (Phi) is 3.03. The van der Waals surface area contributed by atoms with Crippen molar-refractivity contribution in [3.05, 3.63) is 27.6 Å². The first-order valence-electron chi connectivity index (χ1n) is 6.01. The molecule has 1 atom stereocenters. The van der Waals surface area contributed by atoms with Crippen molar-refractivity contribution in [2.24, 2.45) is 0 Å². The van der Waals surface area contributed by atoms with Crippen molar-refractivity contribution in [2.45, 2.75) is 32.7 Å². The van der Waals surface area contributed by atoms with Gasteiger partial charge >= 0.3 is 0 Å². The van der Waals surface area contributed by atoms with Crippen molar-refractivity contribution in [2.75, 3.05) is 6.54 Å². The summed E-state index contributed by atoms with van der Waals surface area (Å²) in [6, 6.07) is 2.71. The molecular weight excluding hydrogens is 248 g/mol. The van der Waals surface area contributed by atoms with Gasteiger partial charge in [0.05, 0.1) is 10.6 Å². The van der Waals surface area contributed by atoms with Crippen molar-refractivity contribution in [1.82, 2.24) is 10.3 Å². The highest BCUT2D eigenvalue weighted by Crippen LogP contribution is 2.38. The van der Waals surface area contributed by atoms with Crippen molar-refractivity contribution < 1.29 is 0 Å². The number of nitrogens with one attached hydrogen (secondary N) is 1. The molecule has 1 N–H and O–H groups in total. The molecule has 1 saturated heterocycles. The van der Waals surface area contributed by atoms with Gasteiger partial charge < -0.3 is 5.32 Å². The van der Waals surface area contributed by atoms with Gasteiger partial charge in [0.2, 0.25) is 0 Å². The second-order valence-electron chi connectivity index (χ2n) is 4.55. The molecule has 17 heavy (non-hydrogen) atoms. The fraction of sp³-hybridized carbons (Fsp3) is 0.462. The van der Waals surface area contributed by atoms with Crippen LogP contribution in [0.1, 0.15) is 35.0 Å². The smallest absolute Gasteiger partial charge is 0.134 e. The van der Waals surface area contributed by atoms with Crippen LogP contribution < -0.4 is 5.32 Å². The van der Waals surface area contributed by atoms with Crippen LogP contribution >= 0.6 is 22.7 Å². The second kappa shape index (κ2) is 4.52. The second-order valence-corrected chi connectivity index (χ2v) is 6.50. The third-order valence-electron chi connectivity index (χ3n) is 3.27. The molecule has 2 nitrogen and oxygen atoms in total. The molecule has 4 heteroatoms. The molecule has 0 aliphatic carbocycles. The van der Waals surface area contributed by atoms with Crippen LogP contribution in [0.15, 0.2) is 11.4 Å². The highest BCUT2D eigenvalue weighted by atomic mass is 32.1. The molecule has 2 aromatic rings. The van der Waals surface area contributed by atoms with E-state index >= 15 is 0 Å². The number of aryl methyl sites for hydroxylation is 2. The van der Waals surface area contributed by atoms with E-state index in [-0.39, 0.29) is 0 Å². The maximum absolute atomic E-state index is 4.75. The summed E-state index contributed by atoms with van der Waals surface area (Å²) >= 11 is 3.66. The maximum atomic E-state index is 4.75. The van der Waals surface area contributed by atoms with Gasteiger partial charge in [-0.05, 0) is 50.2 Å². The van der Waals surface area contributed by atoms with Gasteiger partial charge in [-0.3, -0.25) is 0 Å². The predicted molar refractivity (Wildman–Crippen MR) is 74.9 cm³/mol. The minimum atomic E-state index is 0.543. The highest BCUT2D eigenvalue weighted by molar-refractivity contribution is 7.21. The number of rotatable bonds is 2. The predicted octanol–water partition coefficient (Wildman–Crippen LogP) is 3.91. The molecule has 1 aliphatic rings. The number of hydrogen-bond acceptors (Lipinski definition) is 4. The average Bonchev–Trinajstić information content (AvgIpc) is 2.97. The minimum absolute atomic E-state index is 0.543. The van der Waals surface area contributed by atoms with E-state index in [1.54, 1.807) is 11.3 Å². The molecule has 0 amide bonds. The minimum Gasteiger partial charge on any atom is -0.309 e. The molecule has 0 saturated carbocycles. The number of thiazole rings is 1. The molecule has 1 fully saturated rings. The van der Waals surface area contributed by atoms with Gasteiger partial charge in [0.1, 0.15) is 5.01 Å². The van der Waals surface area contributed by atoms with Crippen LogP contribution in [0.4, 0.5) is 0 Å². The lowest BCUT2D eigenvalue weighted by atomic mass is 10.2. The Bertz CT molecular complexity index is 521. The van der Waals surface area contributed by atoms with E-state index in [4.69, 9.17) is 4.98 Å². The summed E-state index contributed by atoms with van der Waals surface area (Å²) in [7, 11) is 0. The van der Waals surface area contributed by atoms with E-state index in [2.05, 4.69) is 30.6 Å². The van der Waals surface area contributed by atoms with Crippen LogP contribution in [0, 0.1) is 13.8 Å². The Morgan fingerprint density at radius 3 is 2.94 bits per heavy atom. The summed E-state index contributed by atoms with van der Waals surface area (Å²) in [5.74, 6) is 0. The summed E-state index contributed by atoms with van der Waals surface area (Å²) < 4.78 is 0. The number of nitrogens with zero attached hydrogens (tertiary/aromatic N) is 1. The molecule has 0 radical (unpaired) electrons. The lowest BCUT2D eigenvalue weighted by molar-refractivity contribution is 0.654. The maximum Gasteiger partial charge on any atom is 0.134 e. The number of thiophene rings is 1. The summed E-state index contributed by atoms with van der Waals surface area (Å²) in [6.07, 6.45) is 2.54. The van der Waals surface area contributed by atoms with Crippen molar-refractivity contribution >= 4 is 22.7 Å². The quantitative estimate of drug-likeness (QED) is 0.889. The summed E-state index contributed by atoms with van der Waals surface area (Å²) in [6.45, 7) is 5.45. The van der Waals surface area contributed by atoms with Gasteiger partial charge in [0.15, 0.2) is 0 Å². The van der Waals surface area contributed by atoms with Crippen molar-refractivity contribution in [1.29, 1.82) is 0 Å². The normalized spacial score (nSPS) is 20.0. The molecule has 0 aromatic carbocycles. The summed E-state index contributed by atoms with van der Waals surface area (Å²) in [4.78, 5) is 7.52. The third-order valence-corrected chi connectivity index (χ3v) is 5.71. The zero-order chi connectivity index (χ0) is 11.8. The first-order chi connectivity index (χ1) is 8.25. The molecule has 2 aromatic heterocycles. The van der Waals surface area contributed by atoms with Gasteiger partial charge in [-0.25, -0.2) is 4.98 Å². The lowest BCUT2D eigenvalue weighted by Gasteiger charge is -2.06. The lowest BCUT2D eigenvalue weighted by Crippen LogP contribution is -2.12. The van der Waals surface area contributed by atoms with Crippen LogP contribution in [-0.4, -0.2) is 11.5 Å². The van der Waals surface area contributed by atoms with Crippen molar-refractivity contribution in [3.8, 4) is 9.88 Å². The van der Waals surface area contributed by atoms with Crippen LogP contribution in [-0.2, 0) is 0 Å². The van der Waals surface area contributed by atoms with Gasteiger partial charge in [-0.15, -0.1) is 22.7 Å². The molecule has 3 rings (SSSR count). The van der Waals surface area contributed by atoms with E-state index in [9.17, 15) is 0 Å². The SMILES string of the molecule is Cc1ccsc1-c1nc(C)c(C2CCCN2)s1. The Hall–Kier alpha value is -0.710. The molecule has 0 spiro atoms. The van der Waals surface area contributed by atoms with E-state index < -0.39 is 0 Å². The Labute approximate surface area is 110 Å². The van der Waals surface area contributed by atoms with Crippen molar-refractivity contribution in [3.63, 3.8) is 0 Å². The zero-order valence-corrected chi connectivity index (χ0v) is 11.8.